The van der Waals surface area contributed by atoms with Crippen LogP contribution in [0.15, 0.2) is 100 Å². The topological polar surface area (TPSA) is 138 Å². The molecular formula is C30H30BN3O6S. The zero-order valence-electron chi connectivity index (χ0n) is 22.2. The fraction of sp³-hybridized carbons (Fsp3) is 0.233. The molecule has 5 rings (SSSR count). The van der Waals surface area contributed by atoms with Gasteiger partial charge in [0, 0.05) is 11.6 Å². The molecule has 1 heterocycles. The largest absolute Gasteiger partial charge is 0.475 e. The lowest BCUT2D eigenvalue weighted by atomic mass is 9.76. The molecule has 41 heavy (non-hydrogen) atoms. The maximum atomic E-state index is 13.2. The molecule has 2 atom stereocenters. The number of ether oxygens (including phenoxy) is 1. The summed E-state index contributed by atoms with van der Waals surface area (Å²) in [7, 11) is -5.85. The second kappa shape index (κ2) is 12.6. The summed E-state index contributed by atoms with van der Waals surface area (Å²) in [4.78, 5) is 17.5. The fourth-order valence-electron chi connectivity index (χ4n) is 4.48. The second-order valence-corrected chi connectivity index (χ2v) is 11.8. The van der Waals surface area contributed by atoms with Crippen molar-refractivity contribution in [1.29, 1.82) is 0 Å². The average Bonchev–Trinajstić information content (AvgIpc) is 3.80. The van der Waals surface area contributed by atoms with Crippen molar-refractivity contribution in [3.05, 3.63) is 96.7 Å². The lowest BCUT2D eigenvalue weighted by molar-refractivity contribution is -0.123. The number of para-hydroxylation sites is 1. The van der Waals surface area contributed by atoms with Crippen molar-refractivity contribution in [3.63, 3.8) is 0 Å². The van der Waals surface area contributed by atoms with E-state index in [-0.39, 0.29) is 11.3 Å². The van der Waals surface area contributed by atoms with E-state index < -0.39 is 34.9 Å². The number of hydrogen-bond acceptors (Lipinski definition) is 7. The highest BCUT2D eigenvalue weighted by molar-refractivity contribution is 7.90. The van der Waals surface area contributed by atoms with Gasteiger partial charge in [0.25, 0.3) is 10.0 Å². The van der Waals surface area contributed by atoms with Gasteiger partial charge in [-0.25, -0.2) is 0 Å². The van der Waals surface area contributed by atoms with Crippen molar-refractivity contribution in [2.24, 2.45) is 16.2 Å². The number of hydrogen-bond donors (Lipinski definition) is 3. The molecule has 0 spiro atoms. The average molecular weight is 571 g/mol. The molecule has 1 aliphatic rings. The van der Waals surface area contributed by atoms with Gasteiger partial charge in [-0.05, 0) is 60.7 Å². The summed E-state index contributed by atoms with van der Waals surface area (Å²) in [6.45, 7) is 0. The van der Waals surface area contributed by atoms with Gasteiger partial charge in [0.1, 0.15) is 11.5 Å². The van der Waals surface area contributed by atoms with E-state index in [0.29, 0.717) is 23.8 Å². The Hall–Kier alpha value is -4.06. The lowest BCUT2D eigenvalue weighted by Gasteiger charge is -2.20. The van der Waals surface area contributed by atoms with Gasteiger partial charge in [-0.3, -0.25) is 9.78 Å². The molecule has 1 unspecified atom stereocenters. The maximum Gasteiger partial charge on any atom is 0.475 e. The minimum Gasteiger partial charge on any atom is -0.456 e. The molecule has 3 N–H and O–H groups in total. The van der Waals surface area contributed by atoms with E-state index in [2.05, 4.69) is 14.7 Å². The Balaban J connectivity index is 1.30. The molecule has 0 aliphatic heterocycles. The van der Waals surface area contributed by atoms with Gasteiger partial charge in [-0.15, -0.1) is 0 Å². The van der Waals surface area contributed by atoms with Gasteiger partial charge in [0.15, 0.2) is 0 Å². The second-order valence-electron chi connectivity index (χ2n) is 10.2. The molecule has 0 radical (unpaired) electrons. The molecule has 1 saturated carbocycles. The van der Waals surface area contributed by atoms with Crippen LogP contribution in [0.25, 0.3) is 10.9 Å². The van der Waals surface area contributed by atoms with Gasteiger partial charge in [0.2, 0.25) is 5.91 Å². The molecule has 1 amide bonds. The minimum absolute atomic E-state index is 0.0611. The molecule has 0 bridgehead atoms. The van der Waals surface area contributed by atoms with Crippen LogP contribution in [0.5, 0.6) is 11.5 Å². The molecule has 3 aromatic carbocycles. The van der Waals surface area contributed by atoms with Crippen LogP contribution in [0.3, 0.4) is 0 Å². The molecule has 1 fully saturated rings. The van der Waals surface area contributed by atoms with Crippen LogP contribution in [0.1, 0.15) is 24.8 Å². The van der Waals surface area contributed by atoms with Crippen LogP contribution in [-0.4, -0.2) is 48.6 Å². The van der Waals surface area contributed by atoms with Crippen molar-refractivity contribution in [2.75, 3.05) is 0 Å². The minimum atomic E-state index is -4.13. The number of nitrogens with one attached hydrogen (secondary N) is 1. The van der Waals surface area contributed by atoms with E-state index >= 15 is 0 Å². The maximum absolute atomic E-state index is 13.2. The molecule has 4 aromatic rings. The summed E-state index contributed by atoms with van der Waals surface area (Å²) in [5.74, 6) is -1.04. The third-order valence-corrected chi connectivity index (χ3v) is 8.18. The van der Waals surface area contributed by atoms with E-state index in [1.807, 2.05) is 60.7 Å². The monoisotopic (exact) mass is 571 g/mol. The summed E-state index contributed by atoms with van der Waals surface area (Å²) in [5, 5.41) is 23.1. The van der Waals surface area contributed by atoms with Crippen molar-refractivity contribution in [1.82, 2.24) is 10.3 Å². The van der Waals surface area contributed by atoms with Crippen molar-refractivity contribution >= 4 is 40.2 Å². The fourth-order valence-corrected chi connectivity index (χ4v) is 5.38. The van der Waals surface area contributed by atoms with Crippen LogP contribution in [0.2, 0.25) is 0 Å². The number of carbonyl (C=O) groups excluding carboxylic acids is 1. The van der Waals surface area contributed by atoms with Crippen molar-refractivity contribution in [3.8, 4) is 11.5 Å². The first kappa shape index (κ1) is 28.5. The van der Waals surface area contributed by atoms with Crippen molar-refractivity contribution in [2.45, 2.75) is 36.5 Å². The summed E-state index contributed by atoms with van der Waals surface area (Å²) in [5.41, 5.74) is 1.65. The van der Waals surface area contributed by atoms with Gasteiger partial charge in [-0.1, -0.05) is 61.4 Å². The van der Waals surface area contributed by atoms with Crippen LogP contribution < -0.4 is 10.1 Å². The normalized spacial score (nSPS) is 15.0. The number of amides is 1. The van der Waals surface area contributed by atoms with Gasteiger partial charge in [-0.2, -0.15) is 12.8 Å². The molecule has 0 saturated heterocycles. The summed E-state index contributed by atoms with van der Waals surface area (Å²) in [6, 6.07) is 24.4. The number of fused-ring (bicyclic) bond motifs is 1. The Morgan fingerprint density at radius 3 is 2.44 bits per heavy atom. The highest BCUT2D eigenvalue weighted by Crippen LogP contribution is 2.33. The summed E-state index contributed by atoms with van der Waals surface area (Å²) >= 11 is 0. The van der Waals surface area contributed by atoms with E-state index in [4.69, 9.17) is 4.74 Å². The van der Waals surface area contributed by atoms with E-state index in [1.54, 1.807) is 6.20 Å². The molecule has 210 valence electrons. The number of pyridine rings is 1. The van der Waals surface area contributed by atoms with Crippen molar-refractivity contribution < 1.29 is 28.0 Å². The predicted molar refractivity (Wildman–Crippen MR) is 157 cm³/mol. The number of sulfonamides is 1. The Labute approximate surface area is 239 Å². The van der Waals surface area contributed by atoms with E-state index in [1.165, 1.54) is 24.3 Å². The molecule has 11 heteroatoms. The third-order valence-electron chi connectivity index (χ3n) is 6.91. The Morgan fingerprint density at radius 2 is 1.73 bits per heavy atom. The number of carbonyl (C=O) groups is 1. The lowest BCUT2D eigenvalue weighted by Crippen LogP contribution is -2.49. The molecular weight excluding hydrogens is 541 g/mol. The Kier molecular flexibility index (Phi) is 8.77. The highest BCUT2D eigenvalue weighted by atomic mass is 32.2. The summed E-state index contributed by atoms with van der Waals surface area (Å²) in [6.07, 6.45) is 5.31. The van der Waals surface area contributed by atoms with E-state index in [9.17, 15) is 23.3 Å². The Bertz CT molecular complexity index is 1630. The molecule has 9 nitrogen and oxygen atoms in total. The van der Waals surface area contributed by atoms with Crippen LogP contribution in [0.4, 0.5) is 0 Å². The molecule has 1 aliphatic carbocycles. The predicted octanol–water partition coefficient (Wildman–Crippen LogP) is 3.94. The highest BCUT2D eigenvalue weighted by Gasteiger charge is 2.34. The molecule has 1 aromatic heterocycles. The van der Waals surface area contributed by atoms with Crippen LogP contribution in [-0.2, 0) is 21.2 Å². The third kappa shape index (κ3) is 7.78. The zero-order chi connectivity index (χ0) is 28.8. The van der Waals surface area contributed by atoms with Crippen LogP contribution >= 0.6 is 0 Å². The van der Waals surface area contributed by atoms with Gasteiger partial charge < -0.3 is 20.1 Å². The Morgan fingerprint density at radius 1 is 1.02 bits per heavy atom. The van der Waals surface area contributed by atoms with Crippen LogP contribution in [0, 0.1) is 11.8 Å². The van der Waals surface area contributed by atoms with Gasteiger partial charge in [0.05, 0.1) is 28.5 Å². The number of nitrogens with zero attached hydrogens (tertiary/aromatic N) is 2. The zero-order valence-corrected chi connectivity index (χ0v) is 23.0. The van der Waals surface area contributed by atoms with Gasteiger partial charge >= 0.3 is 7.12 Å². The quantitative estimate of drug-likeness (QED) is 0.173. The SMILES string of the molecule is O=C(N[C@@H](CC1CC1)B(O)O)C(C=NS(=O)(=O)c1ccc(Oc2cnc3ccccc3c2)cc1)Cc1ccccc1. The first-order valence-corrected chi connectivity index (χ1v) is 14.8. The smallest absolute Gasteiger partial charge is 0.456 e. The van der Waals surface area contributed by atoms with E-state index in [0.717, 1.165) is 35.5 Å². The first-order chi connectivity index (χ1) is 19.8. The first-order valence-electron chi connectivity index (χ1n) is 13.4. The standard InChI is InChI=1S/C30H30BN3O6S/c35-30(34-29(31(36)37)17-22-10-11-22)24(16-21-6-2-1-3-7-21)19-33-41(38,39)27-14-12-25(13-15-27)40-26-18-23-8-4-5-9-28(23)32-20-26/h1-9,12-15,18-20,22,24,29,36-37H,10-11,16-17H2,(H,34,35)/t24?,29-/m0/s1. The number of aromatic nitrogens is 1. The summed E-state index contributed by atoms with van der Waals surface area (Å²) < 4.78 is 35.8. The number of benzene rings is 3. The number of rotatable bonds is 12.